The Balaban J connectivity index is 1.63. The molecule has 1 aromatic carbocycles. The summed E-state index contributed by atoms with van der Waals surface area (Å²) in [6.07, 6.45) is 2.94. The van der Waals surface area contributed by atoms with Gasteiger partial charge in [-0.3, -0.25) is 14.5 Å². The third-order valence-corrected chi connectivity index (χ3v) is 4.15. The van der Waals surface area contributed by atoms with Crippen molar-refractivity contribution in [3.63, 3.8) is 0 Å². The van der Waals surface area contributed by atoms with E-state index in [1.54, 1.807) is 29.2 Å². The summed E-state index contributed by atoms with van der Waals surface area (Å²) in [6.45, 7) is 1.93. The van der Waals surface area contributed by atoms with Crippen LogP contribution in [-0.4, -0.2) is 46.1 Å². The topological polar surface area (TPSA) is 57.5 Å². The fraction of sp³-hybridized carbons (Fsp3) is 0.438. The molecule has 5 nitrogen and oxygen atoms in total. The third-order valence-electron chi connectivity index (χ3n) is 4.15. The highest BCUT2D eigenvalue weighted by molar-refractivity contribution is 6.12. The van der Waals surface area contributed by atoms with E-state index in [0.717, 1.165) is 24.2 Å². The summed E-state index contributed by atoms with van der Waals surface area (Å²) < 4.78 is 0. The van der Waals surface area contributed by atoms with Gasteiger partial charge in [-0.05, 0) is 6.42 Å². The van der Waals surface area contributed by atoms with Crippen LogP contribution in [0.4, 0.5) is 4.79 Å². The Morgan fingerprint density at radius 2 is 1.90 bits per heavy atom. The average Bonchev–Trinajstić information content (AvgIpc) is 3.18. The molecule has 0 spiro atoms. The highest BCUT2D eigenvalue weighted by Crippen LogP contribution is 2.40. The van der Waals surface area contributed by atoms with E-state index in [0.29, 0.717) is 5.56 Å². The summed E-state index contributed by atoms with van der Waals surface area (Å²) in [4.78, 5) is 39.2. The maximum absolute atomic E-state index is 12.2. The summed E-state index contributed by atoms with van der Waals surface area (Å²) in [5.74, 6) is -0.421. The summed E-state index contributed by atoms with van der Waals surface area (Å²) in [5, 5.41) is 0. The Labute approximate surface area is 123 Å². The zero-order chi connectivity index (χ0) is 15.0. The SMILES string of the molecule is CCCCC1C2C(=O)N(CC(=O)c3ccccc3)C(=O)N12. The van der Waals surface area contributed by atoms with Crippen molar-refractivity contribution in [3.05, 3.63) is 35.9 Å². The summed E-state index contributed by atoms with van der Waals surface area (Å²) >= 11 is 0. The van der Waals surface area contributed by atoms with Crippen LogP contribution >= 0.6 is 0 Å². The third kappa shape index (κ3) is 2.33. The molecule has 0 N–H and O–H groups in total. The van der Waals surface area contributed by atoms with Crippen molar-refractivity contribution < 1.29 is 14.4 Å². The van der Waals surface area contributed by atoms with Crippen LogP contribution in [0.25, 0.3) is 0 Å². The number of Topliss-reactive ketones (excluding diaryl/α,β-unsaturated/α-hetero) is 1. The number of amides is 3. The maximum atomic E-state index is 12.2. The molecule has 0 saturated carbocycles. The number of hydrogen-bond donors (Lipinski definition) is 0. The van der Waals surface area contributed by atoms with Gasteiger partial charge in [0.2, 0.25) is 0 Å². The van der Waals surface area contributed by atoms with Crippen molar-refractivity contribution >= 4 is 17.7 Å². The molecule has 0 aromatic heterocycles. The number of rotatable bonds is 6. The second-order valence-corrected chi connectivity index (χ2v) is 5.56. The smallest absolute Gasteiger partial charge is 0.304 e. The van der Waals surface area contributed by atoms with Crippen molar-refractivity contribution in [2.24, 2.45) is 0 Å². The second kappa shape index (κ2) is 5.31. The van der Waals surface area contributed by atoms with Gasteiger partial charge in [0.05, 0.1) is 12.6 Å². The summed E-state index contributed by atoms with van der Waals surface area (Å²) in [6, 6.07) is 8.18. The van der Waals surface area contributed by atoms with Gasteiger partial charge in [-0.25, -0.2) is 4.79 Å². The molecule has 2 aliphatic heterocycles. The molecule has 0 bridgehead atoms. The first-order chi connectivity index (χ1) is 10.1. The number of urea groups is 1. The number of hydrogen-bond acceptors (Lipinski definition) is 3. The number of ketones is 1. The minimum atomic E-state index is -0.312. The second-order valence-electron chi connectivity index (χ2n) is 5.56. The van der Waals surface area contributed by atoms with Crippen molar-refractivity contribution in [2.45, 2.75) is 38.3 Å². The van der Waals surface area contributed by atoms with Gasteiger partial charge in [0.15, 0.2) is 5.78 Å². The highest BCUT2D eigenvalue weighted by atomic mass is 16.2. The zero-order valence-electron chi connectivity index (χ0n) is 12.0. The molecule has 2 saturated heterocycles. The van der Waals surface area contributed by atoms with E-state index in [1.807, 2.05) is 6.07 Å². The number of benzene rings is 1. The first-order valence-corrected chi connectivity index (χ1v) is 7.37. The quantitative estimate of drug-likeness (QED) is 0.457. The molecule has 21 heavy (non-hydrogen) atoms. The molecular weight excluding hydrogens is 268 g/mol. The van der Waals surface area contributed by atoms with Gasteiger partial charge in [0.25, 0.3) is 5.91 Å². The summed E-state index contributed by atoms with van der Waals surface area (Å²) in [5.41, 5.74) is 0.524. The number of unbranched alkanes of at least 4 members (excludes halogenated alkanes) is 1. The molecule has 1 aromatic rings. The molecular formula is C16H18N2O3. The molecule has 110 valence electrons. The van der Waals surface area contributed by atoms with E-state index >= 15 is 0 Å². The standard InChI is InChI=1S/C16H18N2O3/c1-2-3-9-12-14-15(20)17(16(21)18(12)14)10-13(19)11-7-5-4-6-8-11/h4-8,12,14H,2-3,9-10H2,1H3. The normalized spacial score (nSPS) is 23.5. The Bertz CT molecular complexity index is 562. The minimum Gasteiger partial charge on any atom is -0.304 e. The number of nitrogens with zero attached hydrogens (tertiary/aromatic N) is 2. The molecule has 2 atom stereocenters. The fourth-order valence-corrected chi connectivity index (χ4v) is 2.93. The Morgan fingerprint density at radius 3 is 2.48 bits per heavy atom. The Hall–Kier alpha value is -2.17. The van der Waals surface area contributed by atoms with Crippen molar-refractivity contribution in [1.29, 1.82) is 0 Å². The first kappa shape index (κ1) is 13.8. The van der Waals surface area contributed by atoms with Crippen molar-refractivity contribution in [3.8, 4) is 0 Å². The van der Waals surface area contributed by atoms with Crippen LogP contribution in [0.3, 0.4) is 0 Å². The van der Waals surface area contributed by atoms with E-state index in [4.69, 9.17) is 0 Å². The molecule has 2 aliphatic rings. The zero-order valence-corrected chi connectivity index (χ0v) is 12.0. The Morgan fingerprint density at radius 1 is 1.19 bits per heavy atom. The fourth-order valence-electron chi connectivity index (χ4n) is 2.93. The molecule has 3 rings (SSSR count). The lowest BCUT2D eigenvalue weighted by molar-refractivity contribution is -0.126. The van der Waals surface area contributed by atoms with E-state index in [9.17, 15) is 14.4 Å². The van der Waals surface area contributed by atoms with E-state index in [-0.39, 0.29) is 36.3 Å². The largest absolute Gasteiger partial charge is 0.328 e. The lowest BCUT2D eigenvalue weighted by Gasteiger charge is -2.16. The summed E-state index contributed by atoms with van der Waals surface area (Å²) in [7, 11) is 0. The molecule has 5 heteroatoms. The van der Waals surface area contributed by atoms with Gasteiger partial charge in [-0.15, -0.1) is 0 Å². The maximum Gasteiger partial charge on any atom is 0.328 e. The van der Waals surface area contributed by atoms with Gasteiger partial charge in [-0.1, -0.05) is 50.1 Å². The number of fused-ring (bicyclic) bond motifs is 1. The molecule has 0 aliphatic carbocycles. The van der Waals surface area contributed by atoms with Crippen LogP contribution in [0, 0.1) is 0 Å². The van der Waals surface area contributed by atoms with Crippen molar-refractivity contribution in [1.82, 2.24) is 9.80 Å². The van der Waals surface area contributed by atoms with Gasteiger partial charge >= 0.3 is 6.03 Å². The molecule has 3 amide bonds. The average molecular weight is 286 g/mol. The number of carbonyl (C=O) groups excluding carboxylic acids is 3. The Kier molecular flexibility index (Phi) is 3.49. The molecule has 0 radical (unpaired) electrons. The van der Waals surface area contributed by atoms with Gasteiger partial charge in [0.1, 0.15) is 6.04 Å². The van der Waals surface area contributed by atoms with Gasteiger partial charge < -0.3 is 4.90 Å². The van der Waals surface area contributed by atoms with Crippen LogP contribution in [0.15, 0.2) is 30.3 Å². The van der Waals surface area contributed by atoms with Crippen LogP contribution in [0.5, 0.6) is 0 Å². The lowest BCUT2D eigenvalue weighted by atomic mass is 10.1. The molecule has 2 heterocycles. The lowest BCUT2D eigenvalue weighted by Crippen LogP contribution is -2.40. The van der Waals surface area contributed by atoms with Crippen LogP contribution in [0.2, 0.25) is 0 Å². The first-order valence-electron chi connectivity index (χ1n) is 7.37. The van der Waals surface area contributed by atoms with Gasteiger partial charge in [-0.2, -0.15) is 0 Å². The van der Waals surface area contributed by atoms with E-state index in [1.165, 1.54) is 0 Å². The van der Waals surface area contributed by atoms with E-state index < -0.39 is 0 Å². The molecule has 2 unspecified atom stereocenters. The van der Waals surface area contributed by atoms with E-state index in [2.05, 4.69) is 6.92 Å². The van der Waals surface area contributed by atoms with Crippen molar-refractivity contribution in [2.75, 3.05) is 6.54 Å². The highest BCUT2D eigenvalue weighted by Gasteiger charge is 2.64. The number of carbonyl (C=O) groups is 3. The minimum absolute atomic E-state index is 0.0630. The number of imide groups is 1. The molecule has 2 fully saturated rings. The van der Waals surface area contributed by atoms with Crippen LogP contribution < -0.4 is 0 Å². The predicted molar refractivity (Wildman–Crippen MR) is 76.8 cm³/mol. The van der Waals surface area contributed by atoms with Gasteiger partial charge in [0, 0.05) is 5.56 Å². The van der Waals surface area contributed by atoms with Crippen LogP contribution in [0.1, 0.15) is 36.5 Å². The van der Waals surface area contributed by atoms with Crippen LogP contribution in [-0.2, 0) is 4.79 Å². The predicted octanol–water partition coefficient (Wildman–Crippen LogP) is 2.07. The monoisotopic (exact) mass is 286 g/mol.